The van der Waals surface area contributed by atoms with Gasteiger partial charge in [0, 0.05) is 20.1 Å². The van der Waals surface area contributed by atoms with Gasteiger partial charge in [0.05, 0.1) is 6.54 Å². The number of aryl methyl sites for hydroxylation is 1. The van der Waals surface area contributed by atoms with Gasteiger partial charge >= 0.3 is 0 Å². The summed E-state index contributed by atoms with van der Waals surface area (Å²) >= 11 is 0. The number of rotatable bonds is 6. The third-order valence-electron chi connectivity index (χ3n) is 4.19. The van der Waals surface area contributed by atoms with E-state index in [0.717, 1.165) is 24.8 Å². The molecular weight excluding hydrogens is 288 g/mol. The van der Waals surface area contributed by atoms with E-state index >= 15 is 0 Å². The highest BCUT2D eigenvalue weighted by atomic mass is 16.5. The largest absolute Gasteiger partial charge is 0.492 e. The summed E-state index contributed by atoms with van der Waals surface area (Å²) in [7, 11) is 4.00. The summed E-state index contributed by atoms with van der Waals surface area (Å²) < 4.78 is 5.71. The van der Waals surface area contributed by atoms with Gasteiger partial charge in [0.15, 0.2) is 5.96 Å². The monoisotopic (exact) mass is 318 g/mol. The maximum absolute atomic E-state index is 5.71. The topological polar surface area (TPSA) is 48.9 Å². The van der Waals surface area contributed by atoms with Crippen molar-refractivity contribution in [3.8, 4) is 5.75 Å². The molecule has 128 valence electrons. The zero-order chi connectivity index (χ0) is 16.5. The van der Waals surface area contributed by atoms with Crippen LogP contribution in [0.15, 0.2) is 29.3 Å². The first kappa shape index (κ1) is 17.6. The van der Waals surface area contributed by atoms with E-state index in [9.17, 15) is 0 Å². The fourth-order valence-corrected chi connectivity index (χ4v) is 2.87. The van der Waals surface area contributed by atoms with Crippen LogP contribution < -0.4 is 15.4 Å². The minimum absolute atomic E-state index is 0.621. The molecule has 0 bridgehead atoms. The highest BCUT2D eigenvalue weighted by Crippen LogP contribution is 2.13. The number of nitrogens with zero attached hydrogens (tertiary/aromatic N) is 2. The molecule has 1 aromatic rings. The van der Waals surface area contributed by atoms with Crippen LogP contribution in [-0.2, 0) is 0 Å². The molecule has 1 aromatic carbocycles. The Hall–Kier alpha value is -1.75. The molecule has 1 fully saturated rings. The second-order valence-corrected chi connectivity index (χ2v) is 6.31. The van der Waals surface area contributed by atoms with Crippen LogP contribution in [0.1, 0.15) is 18.4 Å². The van der Waals surface area contributed by atoms with Crippen molar-refractivity contribution >= 4 is 5.96 Å². The van der Waals surface area contributed by atoms with Gasteiger partial charge in [-0.05, 0) is 51.4 Å². The maximum atomic E-state index is 5.71. The molecule has 2 rings (SSSR count). The molecule has 1 heterocycles. The lowest BCUT2D eigenvalue weighted by Crippen LogP contribution is -2.44. The Morgan fingerprint density at radius 3 is 2.78 bits per heavy atom. The van der Waals surface area contributed by atoms with Crippen LogP contribution in [0.3, 0.4) is 0 Å². The van der Waals surface area contributed by atoms with Crippen LogP contribution >= 0.6 is 0 Å². The molecule has 1 saturated heterocycles. The van der Waals surface area contributed by atoms with Crippen molar-refractivity contribution < 1.29 is 4.74 Å². The van der Waals surface area contributed by atoms with E-state index in [1.165, 1.54) is 31.5 Å². The highest BCUT2D eigenvalue weighted by Gasteiger charge is 2.17. The number of hydrogen-bond donors (Lipinski definition) is 2. The third kappa shape index (κ3) is 6.48. The average molecular weight is 318 g/mol. The number of hydrogen-bond acceptors (Lipinski definition) is 3. The van der Waals surface area contributed by atoms with Crippen molar-refractivity contribution in [2.75, 3.05) is 46.9 Å². The zero-order valence-electron chi connectivity index (χ0n) is 14.6. The molecule has 5 nitrogen and oxygen atoms in total. The molecule has 0 amide bonds. The van der Waals surface area contributed by atoms with Crippen molar-refractivity contribution in [1.29, 1.82) is 0 Å². The van der Waals surface area contributed by atoms with E-state index in [2.05, 4.69) is 46.6 Å². The SMILES string of the molecule is CN=C(NCCOc1ccc(C)cc1)NCC1CCCN(C)C1. The van der Waals surface area contributed by atoms with E-state index in [-0.39, 0.29) is 0 Å². The molecule has 0 aliphatic carbocycles. The number of nitrogens with one attached hydrogen (secondary N) is 2. The molecule has 1 atom stereocenters. The molecular formula is C18H30N4O. The van der Waals surface area contributed by atoms with Crippen LogP contribution in [0, 0.1) is 12.8 Å². The molecule has 1 unspecified atom stereocenters. The summed E-state index contributed by atoms with van der Waals surface area (Å²) in [6, 6.07) is 8.12. The molecule has 0 saturated carbocycles. The molecule has 0 aromatic heterocycles. The van der Waals surface area contributed by atoms with Crippen molar-refractivity contribution in [2.24, 2.45) is 10.9 Å². The Morgan fingerprint density at radius 2 is 2.09 bits per heavy atom. The number of aliphatic imine (C=N–C) groups is 1. The van der Waals surface area contributed by atoms with E-state index in [1.54, 1.807) is 0 Å². The number of benzene rings is 1. The van der Waals surface area contributed by atoms with E-state index < -0.39 is 0 Å². The first-order chi connectivity index (χ1) is 11.2. The fraction of sp³-hybridized carbons (Fsp3) is 0.611. The van der Waals surface area contributed by atoms with Crippen LogP contribution in [-0.4, -0.2) is 57.7 Å². The average Bonchev–Trinajstić information content (AvgIpc) is 2.56. The van der Waals surface area contributed by atoms with Crippen LogP contribution in [0.4, 0.5) is 0 Å². The molecule has 1 aliphatic heterocycles. The second-order valence-electron chi connectivity index (χ2n) is 6.31. The van der Waals surface area contributed by atoms with Crippen molar-refractivity contribution in [3.05, 3.63) is 29.8 Å². The van der Waals surface area contributed by atoms with Gasteiger partial charge in [-0.2, -0.15) is 0 Å². The summed E-state index contributed by atoms with van der Waals surface area (Å²) in [5.41, 5.74) is 1.24. The Balaban J connectivity index is 1.62. The summed E-state index contributed by atoms with van der Waals surface area (Å²) in [5, 5.41) is 6.72. The Kier molecular flexibility index (Phi) is 7.20. The Labute approximate surface area is 140 Å². The molecule has 1 aliphatic rings. The number of likely N-dealkylation sites (tertiary alicyclic amines) is 1. The standard InChI is InChI=1S/C18H30N4O/c1-15-6-8-17(9-7-15)23-12-10-20-18(19-2)21-13-16-5-4-11-22(3)14-16/h6-9,16H,4-5,10-14H2,1-3H3,(H2,19,20,21). The molecule has 0 radical (unpaired) electrons. The second kappa shape index (κ2) is 9.40. The van der Waals surface area contributed by atoms with Gasteiger partial charge in [0.2, 0.25) is 0 Å². The normalized spacial score (nSPS) is 19.4. The minimum Gasteiger partial charge on any atom is -0.492 e. The number of guanidine groups is 1. The molecule has 0 spiro atoms. The van der Waals surface area contributed by atoms with Crippen LogP contribution in [0.5, 0.6) is 5.75 Å². The fourth-order valence-electron chi connectivity index (χ4n) is 2.87. The molecule has 2 N–H and O–H groups in total. The lowest BCUT2D eigenvalue weighted by atomic mass is 9.99. The quantitative estimate of drug-likeness (QED) is 0.478. The lowest BCUT2D eigenvalue weighted by molar-refractivity contribution is 0.210. The van der Waals surface area contributed by atoms with Crippen molar-refractivity contribution in [1.82, 2.24) is 15.5 Å². The van der Waals surface area contributed by atoms with E-state index in [0.29, 0.717) is 12.5 Å². The Morgan fingerprint density at radius 1 is 1.30 bits per heavy atom. The predicted octanol–water partition coefficient (Wildman–Crippen LogP) is 1.88. The number of piperidine rings is 1. The van der Waals surface area contributed by atoms with Gasteiger partial charge in [0.1, 0.15) is 12.4 Å². The van der Waals surface area contributed by atoms with Gasteiger partial charge in [-0.15, -0.1) is 0 Å². The zero-order valence-corrected chi connectivity index (χ0v) is 14.6. The van der Waals surface area contributed by atoms with Gasteiger partial charge in [-0.25, -0.2) is 0 Å². The van der Waals surface area contributed by atoms with Crippen LogP contribution in [0.25, 0.3) is 0 Å². The van der Waals surface area contributed by atoms with Gasteiger partial charge in [-0.1, -0.05) is 17.7 Å². The molecule has 5 heteroatoms. The molecule has 23 heavy (non-hydrogen) atoms. The summed E-state index contributed by atoms with van der Waals surface area (Å²) in [5.74, 6) is 2.47. The van der Waals surface area contributed by atoms with Crippen molar-refractivity contribution in [3.63, 3.8) is 0 Å². The first-order valence-corrected chi connectivity index (χ1v) is 8.50. The maximum Gasteiger partial charge on any atom is 0.191 e. The van der Waals surface area contributed by atoms with E-state index in [4.69, 9.17) is 4.74 Å². The summed E-state index contributed by atoms with van der Waals surface area (Å²) in [6.45, 7) is 6.79. The van der Waals surface area contributed by atoms with Gasteiger partial charge in [0.25, 0.3) is 0 Å². The van der Waals surface area contributed by atoms with E-state index in [1.807, 2.05) is 19.2 Å². The van der Waals surface area contributed by atoms with Gasteiger partial charge in [-0.3, -0.25) is 4.99 Å². The number of ether oxygens (including phenoxy) is 1. The minimum atomic E-state index is 0.621. The Bertz CT molecular complexity index is 486. The first-order valence-electron chi connectivity index (χ1n) is 8.50. The predicted molar refractivity (Wildman–Crippen MR) is 96.3 cm³/mol. The lowest BCUT2D eigenvalue weighted by Gasteiger charge is -2.30. The highest BCUT2D eigenvalue weighted by molar-refractivity contribution is 5.79. The van der Waals surface area contributed by atoms with Crippen LogP contribution in [0.2, 0.25) is 0 Å². The van der Waals surface area contributed by atoms with Gasteiger partial charge < -0.3 is 20.3 Å². The third-order valence-corrected chi connectivity index (χ3v) is 4.19. The van der Waals surface area contributed by atoms with Crippen molar-refractivity contribution in [2.45, 2.75) is 19.8 Å². The smallest absolute Gasteiger partial charge is 0.191 e. The summed E-state index contributed by atoms with van der Waals surface area (Å²) in [4.78, 5) is 6.68. The summed E-state index contributed by atoms with van der Waals surface area (Å²) in [6.07, 6.45) is 2.59.